The molecule has 1 heterocycles. The Kier molecular flexibility index (Phi) is 5.14. The predicted octanol–water partition coefficient (Wildman–Crippen LogP) is 2.56. The van der Waals surface area contributed by atoms with Crippen molar-refractivity contribution in [2.75, 3.05) is 6.54 Å². The van der Waals surface area contributed by atoms with E-state index in [-0.39, 0.29) is 4.90 Å². The zero-order valence-electron chi connectivity index (χ0n) is 12.4. The summed E-state index contributed by atoms with van der Waals surface area (Å²) in [5, 5.41) is 4.29. The van der Waals surface area contributed by atoms with Gasteiger partial charge in [0.2, 0.25) is 10.0 Å². The van der Waals surface area contributed by atoms with Crippen LogP contribution in [0.5, 0.6) is 0 Å². The van der Waals surface area contributed by atoms with Crippen LogP contribution in [0.2, 0.25) is 0 Å². The van der Waals surface area contributed by atoms with E-state index in [0.29, 0.717) is 12.2 Å². The molecule has 2 aromatic rings. The molecule has 0 amide bonds. The van der Waals surface area contributed by atoms with Crippen molar-refractivity contribution in [2.45, 2.75) is 31.1 Å². The number of benzene rings is 1. The van der Waals surface area contributed by atoms with Crippen LogP contribution in [-0.2, 0) is 17.1 Å². The summed E-state index contributed by atoms with van der Waals surface area (Å²) < 4.78 is 29.1. The molecule has 1 aromatic heterocycles. The van der Waals surface area contributed by atoms with Gasteiger partial charge in [0, 0.05) is 25.4 Å². The Morgan fingerprint density at radius 2 is 1.90 bits per heavy atom. The van der Waals surface area contributed by atoms with Crippen LogP contribution in [0.3, 0.4) is 0 Å². The number of rotatable bonds is 7. The molecule has 114 valence electrons. The first-order valence-corrected chi connectivity index (χ1v) is 8.61. The molecule has 0 bridgehead atoms. The van der Waals surface area contributed by atoms with E-state index in [1.807, 2.05) is 30.3 Å². The Morgan fingerprint density at radius 1 is 1.19 bits per heavy atom. The van der Waals surface area contributed by atoms with E-state index in [0.717, 1.165) is 24.8 Å². The van der Waals surface area contributed by atoms with Gasteiger partial charge in [0.25, 0.3) is 0 Å². The van der Waals surface area contributed by atoms with Gasteiger partial charge in [0.05, 0.1) is 0 Å². The minimum absolute atomic E-state index is 0.229. The first-order valence-electron chi connectivity index (χ1n) is 7.13. The van der Waals surface area contributed by atoms with Crippen LogP contribution in [0.4, 0.5) is 0 Å². The molecule has 0 saturated heterocycles. The van der Waals surface area contributed by atoms with E-state index in [4.69, 9.17) is 0 Å². The van der Waals surface area contributed by atoms with Gasteiger partial charge in [-0.05, 0) is 6.42 Å². The highest BCUT2D eigenvalue weighted by Crippen LogP contribution is 2.25. The summed E-state index contributed by atoms with van der Waals surface area (Å²) in [6, 6.07) is 9.35. The van der Waals surface area contributed by atoms with Crippen molar-refractivity contribution in [1.82, 2.24) is 14.5 Å². The van der Waals surface area contributed by atoms with E-state index >= 15 is 0 Å². The van der Waals surface area contributed by atoms with Gasteiger partial charge in [-0.15, -0.1) is 0 Å². The van der Waals surface area contributed by atoms with Gasteiger partial charge < -0.3 is 0 Å². The van der Waals surface area contributed by atoms with Crippen LogP contribution < -0.4 is 4.72 Å². The van der Waals surface area contributed by atoms with Crippen molar-refractivity contribution in [3.63, 3.8) is 0 Å². The Hall–Kier alpha value is -1.66. The second kappa shape index (κ2) is 6.87. The Balaban J connectivity index is 2.27. The van der Waals surface area contributed by atoms with Crippen LogP contribution in [-0.4, -0.2) is 24.7 Å². The number of hydrogen-bond donors (Lipinski definition) is 1. The summed E-state index contributed by atoms with van der Waals surface area (Å²) in [6.45, 7) is 2.54. The van der Waals surface area contributed by atoms with Gasteiger partial charge in [-0.3, -0.25) is 4.68 Å². The highest BCUT2D eigenvalue weighted by molar-refractivity contribution is 7.89. The maximum atomic E-state index is 12.4. The molecule has 0 atom stereocenters. The maximum Gasteiger partial charge on any atom is 0.244 e. The minimum Gasteiger partial charge on any atom is -0.274 e. The average molecular weight is 307 g/mol. The molecule has 1 aromatic carbocycles. The minimum atomic E-state index is -3.53. The monoisotopic (exact) mass is 307 g/mol. The van der Waals surface area contributed by atoms with E-state index in [9.17, 15) is 8.42 Å². The van der Waals surface area contributed by atoms with E-state index < -0.39 is 10.0 Å². The van der Waals surface area contributed by atoms with Gasteiger partial charge in [0.15, 0.2) is 0 Å². The molecule has 2 rings (SSSR count). The fourth-order valence-electron chi connectivity index (χ4n) is 2.12. The largest absolute Gasteiger partial charge is 0.274 e. The SMILES string of the molecule is CCCCCNS(=O)(=O)c1cn(C)nc1-c1ccccc1. The number of aromatic nitrogens is 2. The zero-order valence-corrected chi connectivity index (χ0v) is 13.2. The van der Waals surface area contributed by atoms with Crippen LogP contribution >= 0.6 is 0 Å². The molecule has 21 heavy (non-hydrogen) atoms. The van der Waals surface area contributed by atoms with Crippen molar-refractivity contribution < 1.29 is 8.42 Å². The summed E-state index contributed by atoms with van der Waals surface area (Å²) in [4.78, 5) is 0.229. The number of hydrogen-bond acceptors (Lipinski definition) is 3. The van der Waals surface area contributed by atoms with Crippen LogP contribution in [0.25, 0.3) is 11.3 Å². The number of nitrogens with zero attached hydrogens (tertiary/aromatic N) is 2. The lowest BCUT2D eigenvalue weighted by Gasteiger charge is -2.06. The van der Waals surface area contributed by atoms with E-state index in [2.05, 4.69) is 16.7 Å². The molecule has 0 unspecified atom stereocenters. The lowest BCUT2D eigenvalue weighted by atomic mass is 10.2. The summed E-state index contributed by atoms with van der Waals surface area (Å²) in [5.41, 5.74) is 1.29. The van der Waals surface area contributed by atoms with Crippen molar-refractivity contribution in [3.8, 4) is 11.3 Å². The molecule has 0 aliphatic heterocycles. The van der Waals surface area contributed by atoms with Crippen molar-refractivity contribution in [2.24, 2.45) is 7.05 Å². The van der Waals surface area contributed by atoms with Crippen molar-refractivity contribution in [3.05, 3.63) is 36.5 Å². The van der Waals surface area contributed by atoms with Crippen LogP contribution in [0.1, 0.15) is 26.2 Å². The Labute approximate surface area is 126 Å². The molecule has 1 N–H and O–H groups in total. The van der Waals surface area contributed by atoms with E-state index in [1.54, 1.807) is 13.2 Å². The maximum absolute atomic E-state index is 12.4. The Morgan fingerprint density at radius 3 is 2.57 bits per heavy atom. The summed E-state index contributed by atoms with van der Waals surface area (Å²) in [5.74, 6) is 0. The van der Waals surface area contributed by atoms with Gasteiger partial charge in [-0.25, -0.2) is 13.1 Å². The van der Waals surface area contributed by atoms with Gasteiger partial charge in [-0.2, -0.15) is 5.10 Å². The molecule has 0 aliphatic rings. The highest BCUT2D eigenvalue weighted by Gasteiger charge is 2.22. The van der Waals surface area contributed by atoms with Crippen molar-refractivity contribution in [1.29, 1.82) is 0 Å². The van der Waals surface area contributed by atoms with Crippen LogP contribution in [0.15, 0.2) is 41.4 Å². The molecular weight excluding hydrogens is 286 g/mol. The molecule has 0 saturated carbocycles. The van der Waals surface area contributed by atoms with Gasteiger partial charge >= 0.3 is 0 Å². The number of unbranched alkanes of at least 4 members (excludes halogenated alkanes) is 2. The van der Waals surface area contributed by atoms with Crippen molar-refractivity contribution >= 4 is 10.0 Å². The highest BCUT2D eigenvalue weighted by atomic mass is 32.2. The molecule has 0 fully saturated rings. The number of sulfonamides is 1. The lowest BCUT2D eigenvalue weighted by molar-refractivity contribution is 0.576. The molecule has 0 radical (unpaired) electrons. The smallest absolute Gasteiger partial charge is 0.244 e. The third kappa shape index (κ3) is 3.92. The third-order valence-electron chi connectivity index (χ3n) is 3.20. The standard InChI is InChI=1S/C15H21N3O2S/c1-3-4-8-11-16-21(19,20)14-12-18(2)17-15(14)13-9-6-5-7-10-13/h5-7,9-10,12,16H,3-4,8,11H2,1-2H3. The normalized spacial score (nSPS) is 11.7. The van der Waals surface area contributed by atoms with Gasteiger partial charge in [0.1, 0.15) is 10.6 Å². The topological polar surface area (TPSA) is 64.0 Å². The second-order valence-electron chi connectivity index (χ2n) is 4.99. The molecular formula is C15H21N3O2S. The number of aryl methyl sites for hydroxylation is 1. The average Bonchev–Trinajstić information content (AvgIpc) is 2.88. The van der Waals surface area contributed by atoms with E-state index in [1.165, 1.54) is 4.68 Å². The summed E-state index contributed by atoms with van der Waals surface area (Å²) >= 11 is 0. The lowest BCUT2D eigenvalue weighted by Crippen LogP contribution is -2.25. The summed E-state index contributed by atoms with van der Waals surface area (Å²) in [7, 11) is -1.81. The summed E-state index contributed by atoms with van der Waals surface area (Å²) in [6.07, 6.45) is 4.46. The second-order valence-corrected chi connectivity index (χ2v) is 6.72. The molecule has 0 aliphatic carbocycles. The van der Waals surface area contributed by atoms with Gasteiger partial charge in [-0.1, -0.05) is 50.1 Å². The fraction of sp³-hybridized carbons (Fsp3) is 0.400. The molecule has 5 nitrogen and oxygen atoms in total. The quantitative estimate of drug-likeness (QED) is 0.800. The predicted molar refractivity (Wildman–Crippen MR) is 83.4 cm³/mol. The first kappa shape index (κ1) is 15.7. The molecule has 0 spiro atoms. The van der Waals surface area contributed by atoms with Crippen LogP contribution in [0, 0.1) is 0 Å². The zero-order chi connectivity index (χ0) is 15.3. The molecule has 6 heteroatoms. The Bertz CT molecular complexity index is 678. The number of nitrogens with one attached hydrogen (secondary N) is 1. The fourth-order valence-corrected chi connectivity index (χ4v) is 3.39. The third-order valence-corrected chi connectivity index (χ3v) is 4.67. The first-order chi connectivity index (χ1) is 10.0.